The second kappa shape index (κ2) is 13.1. The van der Waals surface area contributed by atoms with E-state index in [0.717, 1.165) is 66.0 Å². The Morgan fingerprint density at radius 3 is 2.38 bits per heavy atom. The molecule has 3 aromatic rings. The van der Waals surface area contributed by atoms with E-state index in [1.807, 2.05) is 37.3 Å². The summed E-state index contributed by atoms with van der Waals surface area (Å²) in [6.07, 6.45) is 3.20. The number of rotatable bonds is 10. The first-order chi connectivity index (χ1) is 17.5. The minimum absolute atomic E-state index is 0. The van der Waals surface area contributed by atoms with Crippen molar-refractivity contribution in [2.24, 2.45) is 0 Å². The monoisotopic (exact) mass is 547 g/mol. The van der Waals surface area contributed by atoms with E-state index in [1.165, 1.54) is 0 Å². The molecule has 1 saturated heterocycles. The Kier molecular flexibility index (Phi) is 10.2. The summed E-state index contributed by atoms with van der Waals surface area (Å²) >= 11 is 6.59. The number of hydrogen-bond donors (Lipinski definition) is 1. The number of nitrogens with one attached hydrogen (secondary N) is 1. The molecule has 0 bridgehead atoms. The van der Waals surface area contributed by atoms with Crippen LogP contribution in [0.15, 0.2) is 36.5 Å². The Balaban J connectivity index is 0.00000253. The fourth-order valence-electron chi connectivity index (χ4n) is 4.50. The second-order valence-electron chi connectivity index (χ2n) is 8.57. The fourth-order valence-corrected chi connectivity index (χ4v) is 4.76. The quantitative estimate of drug-likeness (QED) is 0.413. The van der Waals surface area contributed by atoms with Crippen LogP contribution in [0.2, 0.25) is 5.02 Å². The molecule has 200 valence electrons. The molecule has 0 unspecified atom stereocenters. The number of aromatic nitrogens is 3. The Labute approximate surface area is 231 Å². The fraction of sp³-hybridized carbons (Fsp3) is 0.444. The number of ether oxygens (including phenoxy) is 3. The highest BCUT2D eigenvalue weighted by atomic mass is 35.5. The Morgan fingerprint density at radius 1 is 1.00 bits per heavy atom. The number of benzene rings is 1. The van der Waals surface area contributed by atoms with Gasteiger partial charge in [0.15, 0.2) is 0 Å². The molecule has 1 fully saturated rings. The van der Waals surface area contributed by atoms with E-state index in [4.69, 9.17) is 35.8 Å². The minimum Gasteiger partial charge on any atom is -1.00 e. The van der Waals surface area contributed by atoms with Gasteiger partial charge in [0.05, 0.1) is 48.5 Å². The SMILES string of the molecule is CCO[C@H]1CN(c2cc(OC)ccn2)C[C@H]1Nc1nc(CC)c(-c2ccc(OC)cc2Cl)nc1CC.[Cl-].[H+]. The molecule has 0 radical (unpaired) electrons. The van der Waals surface area contributed by atoms with E-state index < -0.39 is 0 Å². The van der Waals surface area contributed by atoms with E-state index in [-0.39, 0.29) is 26.0 Å². The van der Waals surface area contributed by atoms with E-state index >= 15 is 0 Å². The van der Waals surface area contributed by atoms with Gasteiger partial charge in [-0.1, -0.05) is 25.4 Å². The number of aryl methyl sites for hydroxylation is 2. The smallest absolute Gasteiger partial charge is 1.00 e. The molecule has 2 aromatic heterocycles. The minimum atomic E-state index is -0.0182. The molecule has 1 aromatic carbocycles. The van der Waals surface area contributed by atoms with E-state index in [0.29, 0.717) is 17.4 Å². The van der Waals surface area contributed by atoms with Crippen molar-refractivity contribution in [1.82, 2.24) is 15.0 Å². The van der Waals surface area contributed by atoms with Crippen LogP contribution in [0, 0.1) is 0 Å². The summed E-state index contributed by atoms with van der Waals surface area (Å²) < 4.78 is 16.8. The predicted octanol–water partition coefficient (Wildman–Crippen LogP) is 2.16. The lowest BCUT2D eigenvalue weighted by atomic mass is 10.1. The average Bonchev–Trinajstić information content (AvgIpc) is 3.30. The maximum atomic E-state index is 6.59. The third-order valence-electron chi connectivity index (χ3n) is 6.39. The highest BCUT2D eigenvalue weighted by Crippen LogP contribution is 2.34. The summed E-state index contributed by atoms with van der Waals surface area (Å²) in [4.78, 5) is 16.8. The van der Waals surface area contributed by atoms with Gasteiger partial charge in [-0.15, -0.1) is 0 Å². The van der Waals surface area contributed by atoms with Gasteiger partial charge in [0.2, 0.25) is 0 Å². The predicted molar refractivity (Wildman–Crippen MR) is 145 cm³/mol. The van der Waals surface area contributed by atoms with Crippen molar-refractivity contribution in [3.63, 3.8) is 0 Å². The summed E-state index contributed by atoms with van der Waals surface area (Å²) in [5.41, 5.74) is 3.44. The van der Waals surface area contributed by atoms with Gasteiger partial charge in [-0.05, 0) is 44.0 Å². The van der Waals surface area contributed by atoms with Gasteiger partial charge in [0.25, 0.3) is 0 Å². The van der Waals surface area contributed by atoms with Gasteiger partial charge < -0.3 is 36.8 Å². The molecular formula is C27H35Cl2N5O3. The third-order valence-corrected chi connectivity index (χ3v) is 6.70. The van der Waals surface area contributed by atoms with Crippen molar-refractivity contribution in [2.75, 3.05) is 44.1 Å². The first-order valence-corrected chi connectivity index (χ1v) is 12.8. The van der Waals surface area contributed by atoms with Crippen LogP contribution in [0.5, 0.6) is 11.5 Å². The van der Waals surface area contributed by atoms with Gasteiger partial charge >= 0.3 is 1.43 Å². The highest BCUT2D eigenvalue weighted by Gasteiger charge is 2.35. The number of halogens is 2. The van der Waals surface area contributed by atoms with Crippen molar-refractivity contribution < 1.29 is 28.0 Å². The van der Waals surface area contributed by atoms with Crippen molar-refractivity contribution in [2.45, 2.75) is 45.8 Å². The number of hydrogen-bond acceptors (Lipinski definition) is 8. The zero-order valence-electron chi connectivity index (χ0n) is 22.9. The molecule has 2 atom stereocenters. The maximum Gasteiger partial charge on any atom is 1.00 e. The molecule has 0 saturated carbocycles. The number of nitrogens with zero attached hydrogens (tertiary/aromatic N) is 4. The van der Waals surface area contributed by atoms with Crippen molar-refractivity contribution in [1.29, 1.82) is 0 Å². The molecular weight excluding hydrogens is 513 g/mol. The molecule has 10 heteroatoms. The Morgan fingerprint density at radius 2 is 1.73 bits per heavy atom. The first-order valence-electron chi connectivity index (χ1n) is 12.4. The largest absolute Gasteiger partial charge is 1.00 e. The molecule has 1 aliphatic heterocycles. The Hall–Kier alpha value is -2.81. The van der Waals surface area contributed by atoms with Gasteiger partial charge in [-0.2, -0.15) is 0 Å². The van der Waals surface area contributed by atoms with E-state index in [2.05, 4.69) is 29.0 Å². The molecule has 0 aliphatic carbocycles. The number of anilines is 2. The topological polar surface area (TPSA) is 81.6 Å². The molecule has 8 nitrogen and oxygen atoms in total. The highest BCUT2D eigenvalue weighted by molar-refractivity contribution is 6.33. The molecule has 37 heavy (non-hydrogen) atoms. The molecule has 1 N–H and O–H groups in total. The Bertz CT molecular complexity index is 1200. The zero-order chi connectivity index (χ0) is 25.7. The van der Waals surface area contributed by atoms with Gasteiger partial charge in [0.1, 0.15) is 23.1 Å². The van der Waals surface area contributed by atoms with Gasteiger partial charge in [-0.3, -0.25) is 0 Å². The van der Waals surface area contributed by atoms with Gasteiger partial charge in [-0.25, -0.2) is 15.0 Å². The van der Waals surface area contributed by atoms with Crippen LogP contribution >= 0.6 is 11.6 Å². The van der Waals surface area contributed by atoms with Crippen molar-refractivity contribution >= 4 is 23.2 Å². The third kappa shape index (κ3) is 6.37. The van der Waals surface area contributed by atoms with E-state index in [1.54, 1.807) is 20.4 Å². The normalized spacial score (nSPS) is 16.9. The van der Waals surface area contributed by atoms with Crippen LogP contribution < -0.4 is 32.1 Å². The number of pyridine rings is 1. The van der Waals surface area contributed by atoms with Crippen molar-refractivity contribution in [3.05, 3.63) is 52.9 Å². The summed E-state index contributed by atoms with van der Waals surface area (Å²) in [5, 5.41) is 4.25. The summed E-state index contributed by atoms with van der Waals surface area (Å²) in [7, 11) is 3.29. The van der Waals surface area contributed by atoms with Gasteiger partial charge in [0, 0.05) is 37.5 Å². The summed E-state index contributed by atoms with van der Waals surface area (Å²) in [6, 6.07) is 9.47. The zero-order valence-corrected chi connectivity index (χ0v) is 23.4. The molecule has 4 rings (SSSR count). The molecule has 0 spiro atoms. The van der Waals surface area contributed by atoms with Crippen molar-refractivity contribution in [3.8, 4) is 22.8 Å². The average molecular weight is 549 g/mol. The van der Waals surface area contributed by atoms with Crippen LogP contribution in [0.25, 0.3) is 11.3 Å². The molecule has 1 aliphatic rings. The van der Waals surface area contributed by atoms with Crippen LogP contribution in [0.3, 0.4) is 0 Å². The van der Waals surface area contributed by atoms with Crippen LogP contribution in [0.1, 0.15) is 33.6 Å². The second-order valence-corrected chi connectivity index (χ2v) is 8.98. The van der Waals surface area contributed by atoms with Crippen LogP contribution in [-0.4, -0.2) is 61.0 Å². The lowest BCUT2D eigenvalue weighted by Crippen LogP contribution is -3.00. The summed E-state index contributed by atoms with van der Waals surface area (Å²) in [5.74, 6) is 3.15. The van der Waals surface area contributed by atoms with E-state index in [9.17, 15) is 0 Å². The molecule has 3 heterocycles. The van der Waals surface area contributed by atoms with Crippen LogP contribution in [0.4, 0.5) is 11.6 Å². The maximum absolute atomic E-state index is 6.59. The lowest BCUT2D eigenvalue weighted by Gasteiger charge is -2.22. The molecule has 0 amide bonds. The summed E-state index contributed by atoms with van der Waals surface area (Å²) in [6.45, 7) is 8.26. The standard InChI is InChI=1S/C27H34ClN5O3.ClH/c1-6-21-26(19-10-9-17(34-4)13-20(19)28)30-22(7-2)27(31-21)32-23-15-33(16-24(23)36-8-3)25-14-18(35-5)11-12-29-25;/h9-14,23-24H,6-8,15-16H2,1-5H3,(H,31,32);1H/t23-,24+;/m1./s1. The first kappa shape index (κ1) is 28.8. The van der Waals surface area contributed by atoms with Crippen LogP contribution in [-0.2, 0) is 17.6 Å². The number of methoxy groups -OCH3 is 2. The lowest BCUT2D eigenvalue weighted by molar-refractivity contribution is -0.00000991.